The third-order valence-electron chi connectivity index (χ3n) is 4.63. The van der Waals surface area contributed by atoms with Crippen molar-refractivity contribution in [2.45, 2.75) is 24.9 Å². The van der Waals surface area contributed by atoms with Crippen LogP contribution >= 0.6 is 11.6 Å². The van der Waals surface area contributed by atoms with Crippen molar-refractivity contribution in [2.24, 2.45) is 0 Å². The number of aromatic nitrogens is 3. The van der Waals surface area contributed by atoms with Crippen molar-refractivity contribution < 1.29 is 31.1 Å². The quantitative estimate of drug-likeness (QED) is 0.462. The molecule has 0 aliphatic heterocycles. The molecular formula is C22H16ClF6N4O2. The monoisotopic (exact) mass is 517 g/mol. The number of carbonyl (C=O) groups excluding carboxylic acids is 1. The number of hydrogen-bond acceptors (Lipinski definition) is 3. The Kier molecular flexibility index (Phi) is 7.44. The van der Waals surface area contributed by atoms with E-state index in [-0.39, 0.29) is 23.0 Å². The maximum absolute atomic E-state index is 12.9. The highest BCUT2D eigenvalue weighted by Gasteiger charge is 2.31. The molecule has 1 unspecified atom stereocenters. The van der Waals surface area contributed by atoms with E-state index in [0.717, 1.165) is 18.2 Å². The lowest BCUT2D eigenvalue weighted by Crippen LogP contribution is -2.34. The molecule has 3 rings (SSSR count). The van der Waals surface area contributed by atoms with Gasteiger partial charge in [-0.25, -0.2) is 14.0 Å². The summed E-state index contributed by atoms with van der Waals surface area (Å²) in [6, 6.07) is 8.77. The predicted octanol–water partition coefficient (Wildman–Crippen LogP) is 5.11. The minimum atomic E-state index is -4.72. The van der Waals surface area contributed by atoms with Gasteiger partial charge in [0.25, 0.3) is 0 Å². The van der Waals surface area contributed by atoms with Gasteiger partial charge in [0.2, 0.25) is 5.91 Å². The number of halogens is 7. The SMILES string of the molecule is [CH2]C(NC(=O)Cn1nc(-c2ccc(Cl)cc2)n(/C=C/C(F)(F)F)c1=O)c1cccc(C(F)(F)F)c1. The minimum absolute atomic E-state index is 0.0565. The zero-order chi connectivity index (χ0) is 26.0. The van der Waals surface area contributed by atoms with E-state index in [9.17, 15) is 35.9 Å². The van der Waals surface area contributed by atoms with Crippen molar-refractivity contribution >= 4 is 23.7 Å². The molecule has 1 atom stereocenters. The molecule has 0 bridgehead atoms. The van der Waals surface area contributed by atoms with E-state index in [1.807, 2.05) is 0 Å². The van der Waals surface area contributed by atoms with E-state index in [4.69, 9.17) is 11.6 Å². The van der Waals surface area contributed by atoms with E-state index >= 15 is 0 Å². The molecule has 1 N–H and O–H groups in total. The largest absolute Gasteiger partial charge is 0.416 e. The molecule has 1 radical (unpaired) electrons. The van der Waals surface area contributed by atoms with Crippen LogP contribution in [0.25, 0.3) is 17.6 Å². The fourth-order valence-electron chi connectivity index (χ4n) is 3.00. The van der Waals surface area contributed by atoms with E-state index < -0.39 is 42.1 Å². The molecule has 3 aromatic rings. The molecule has 35 heavy (non-hydrogen) atoms. The molecule has 0 saturated heterocycles. The molecule has 2 aromatic carbocycles. The number of allylic oxidation sites excluding steroid dienone is 1. The number of hydrogen-bond donors (Lipinski definition) is 1. The van der Waals surface area contributed by atoms with Crippen molar-refractivity contribution in [3.8, 4) is 11.4 Å². The van der Waals surface area contributed by atoms with Crippen LogP contribution in [-0.2, 0) is 17.5 Å². The lowest BCUT2D eigenvalue weighted by molar-refractivity contribution is -0.137. The summed E-state index contributed by atoms with van der Waals surface area (Å²) in [7, 11) is 0. The molecule has 1 amide bonds. The average molecular weight is 518 g/mol. The summed E-state index contributed by atoms with van der Waals surface area (Å²) in [5.41, 5.74) is -1.68. The normalized spacial score (nSPS) is 13.3. The van der Waals surface area contributed by atoms with Crippen LogP contribution in [0.5, 0.6) is 0 Å². The molecule has 1 aromatic heterocycles. The Bertz CT molecular complexity index is 1290. The fourth-order valence-corrected chi connectivity index (χ4v) is 3.13. The number of nitrogens with zero attached hydrogens (tertiary/aromatic N) is 3. The van der Waals surface area contributed by atoms with Crippen LogP contribution in [0.4, 0.5) is 26.3 Å². The van der Waals surface area contributed by atoms with Crippen LogP contribution in [0.15, 0.2) is 59.4 Å². The molecule has 1 heterocycles. The van der Waals surface area contributed by atoms with Crippen LogP contribution in [0, 0.1) is 6.92 Å². The van der Waals surface area contributed by atoms with E-state index in [1.54, 1.807) is 0 Å². The summed E-state index contributed by atoms with van der Waals surface area (Å²) in [6.07, 6.45) is -9.01. The summed E-state index contributed by atoms with van der Waals surface area (Å²) in [5.74, 6) is -1.04. The molecule has 13 heteroatoms. The number of carbonyl (C=O) groups is 1. The molecule has 6 nitrogen and oxygen atoms in total. The lowest BCUT2D eigenvalue weighted by Gasteiger charge is -2.16. The van der Waals surface area contributed by atoms with Crippen LogP contribution in [0.1, 0.15) is 17.2 Å². The first kappa shape index (κ1) is 26.1. The summed E-state index contributed by atoms with van der Waals surface area (Å²) in [5, 5.41) is 6.63. The highest BCUT2D eigenvalue weighted by molar-refractivity contribution is 6.30. The third-order valence-corrected chi connectivity index (χ3v) is 4.88. The Hall–Kier alpha value is -3.54. The van der Waals surface area contributed by atoms with Crippen LogP contribution in [-0.4, -0.2) is 26.4 Å². The first-order valence-electron chi connectivity index (χ1n) is 9.75. The predicted molar refractivity (Wildman–Crippen MR) is 116 cm³/mol. The maximum atomic E-state index is 12.9. The molecular weight excluding hydrogens is 502 g/mol. The van der Waals surface area contributed by atoms with Crippen molar-refractivity contribution in [3.63, 3.8) is 0 Å². The molecule has 0 spiro atoms. The Morgan fingerprint density at radius 2 is 1.77 bits per heavy atom. The van der Waals surface area contributed by atoms with Gasteiger partial charge in [-0.3, -0.25) is 4.79 Å². The van der Waals surface area contributed by atoms with Crippen molar-refractivity contribution in [1.29, 1.82) is 0 Å². The third kappa shape index (κ3) is 6.75. The van der Waals surface area contributed by atoms with Crippen molar-refractivity contribution in [2.75, 3.05) is 0 Å². The lowest BCUT2D eigenvalue weighted by atomic mass is 10.0. The second kappa shape index (κ2) is 9.98. The zero-order valence-corrected chi connectivity index (χ0v) is 18.3. The summed E-state index contributed by atoms with van der Waals surface area (Å²) >= 11 is 5.82. The number of nitrogens with one attached hydrogen (secondary N) is 1. The second-order valence-corrected chi connectivity index (χ2v) is 7.68. The van der Waals surface area contributed by atoms with Gasteiger partial charge >= 0.3 is 18.0 Å². The molecule has 0 aliphatic rings. The topological polar surface area (TPSA) is 68.9 Å². The summed E-state index contributed by atoms with van der Waals surface area (Å²) < 4.78 is 78.1. The van der Waals surface area contributed by atoms with Gasteiger partial charge in [-0.15, -0.1) is 5.10 Å². The Balaban J connectivity index is 1.87. The fraction of sp³-hybridized carbons (Fsp3) is 0.182. The van der Waals surface area contributed by atoms with Crippen LogP contribution < -0.4 is 11.0 Å². The Morgan fingerprint density at radius 3 is 2.37 bits per heavy atom. The highest BCUT2D eigenvalue weighted by atomic mass is 35.5. The first-order chi connectivity index (χ1) is 16.2. The van der Waals surface area contributed by atoms with Gasteiger partial charge in [-0.05, 0) is 48.9 Å². The van der Waals surface area contributed by atoms with Crippen LogP contribution in [0.2, 0.25) is 5.02 Å². The number of alkyl halides is 6. The smallest absolute Gasteiger partial charge is 0.348 e. The van der Waals surface area contributed by atoms with Gasteiger partial charge in [0.1, 0.15) is 6.54 Å². The van der Waals surface area contributed by atoms with Crippen molar-refractivity contribution in [3.05, 3.63) is 88.2 Å². The minimum Gasteiger partial charge on any atom is -0.348 e. The van der Waals surface area contributed by atoms with E-state index in [0.29, 0.717) is 20.5 Å². The standard InChI is InChI=1S/C22H16ClF6N4O2/c1-13(15-3-2-4-16(11-15)22(27,28)29)30-18(34)12-33-20(35)32(10-9-21(24,25)26)19(31-33)14-5-7-17(23)8-6-14/h2-11,13H,1,12H2,(H,30,34)/b10-9+. The number of benzene rings is 2. The zero-order valence-electron chi connectivity index (χ0n) is 17.6. The average Bonchev–Trinajstić information content (AvgIpc) is 3.06. The van der Waals surface area contributed by atoms with Crippen LogP contribution in [0.3, 0.4) is 0 Å². The van der Waals surface area contributed by atoms with Gasteiger partial charge in [0.05, 0.1) is 11.6 Å². The van der Waals surface area contributed by atoms with E-state index in [1.165, 1.54) is 30.3 Å². The molecule has 0 fully saturated rings. The molecule has 0 aliphatic carbocycles. The first-order valence-corrected chi connectivity index (χ1v) is 10.1. The Morgan fingerprint density at radius 1 is 1.11 bits per heavy atom. The number of amides is 1. The Labute approximate surface area is 199 Å². The van der Waals surface area contributed by atoms with Crippen molar-refractivity contribution in [1.82, 2.24) is 19.7 Å². The number of rotatable bonds is 6. The maximum Gasteiger partial charge on any atom is 0.416 e. The van der Waals surface area contributed by atoms with Gasteiger partial charge in [0.15, 0.2) is 5.82 Å². The van der Waals surface area contributed by atoms with Gasteiger partial charge in [-0.2, -0.15) is 26.3 Å². The van der Waals surface area contributed by atoms with Gasteiger partial charge in [-0.1, -0.05) is 23.7 Å². The summed E-state index contributed by atoms with van der Waals surface area (Å²) in [4.78, 5) is 25.1. The molecule has 0 saturated carbocycles. The van der Waals surface area contributed by atoms with Gasteiger partial charge < -0.3 is 5.32 Å². The van der Waals surface area contributed by atoms with Gasteiger partial charge in [0, 0.05) is 22.9 Å². The second-order valence-electron chi connectivity index (χ2n) is 7.24. The van der Waals surface area contributed by atoms with E-state index in [2.05, 4.69) is 17.3 Å². The molecule has 185 valence electrons. The highest BCUT2D eigenvalue weighted by Crippen LogP contribution is 2.30. The summed E-state index contributed by atoms with van der Waals surface area (Å²) in [6.45, 7) is 2.88.